The molecule has 0 aliphatic heterocycles. The number of ether oxygens (including phenoxy) is 1. The number of hydrogen-bond donors (Lipinski definition) is 1. The number of benzene rings is 3. The second-order valence-electron chi connectivity index (χ2n) is 7.20. The van der Waals surface area contributed by atoms with E-state index in [1.807, 2.05) is 90.4 Å². The summed E-state index contributed by atoms with van der Waals surface area (Å²) in [6.07, 6.45) is 1.58. The van der Waals surface area contributed by atoms with E-state index in [1.165, 1.54) is 11.8 Å². The minimum Gasteiger partial charge on any atom is -0.497 e. The minimum atomic E-state index is -0.237. The molecular formula is C25H23N5O2S. The van der Waals surface area contributed by atoms with Crippen LogP contribution in [0.3, 0.4) is 0 Å². The average molecular weight is 458 g/mol. The molecule has 0 radical (unpaired) electrons. The molecule has 0 aliphatic rings. The maximum atomic E-state index is 12.4. The predicted molar refractivity (Wildman–Crippen MR) is 131 cm³/mol. The predicted octanol–water partition coefficient (Wildman–Crippen LogP) is 4.49. The van der Waals surface area contributed by atoms with Gasteiger partial charge in [-0.1, -0.05) is 71.9 Å². The number of aromatic nitrogens is 3. The number of hydrazone groups is 1. The summed E-state index contributed by atoms with van der Waals surface area (Å²) in [5, 5.41) is 13.4. The van der Waals surface area contributed by atoms with Gasteiger partial charge in [-0.05, 0) is 36.8 Å². The summed E-state index contributed by atoms with van der Waals surface area (Å²) in [5.74, 6) is 1.36. The molecule has 1 N–H and O–H groups in total. The third-order valence-corrected chi connectivity index (χ3v) is 5.72. The van der Waals surface area contributed by atoms with E-state index in [1.54, 1.807) is 13.3 Å². The van der Waals surface area contributed by atoms with E-state index in [0.29, 0.717) is 5.16 Å². The van der Waals surface area contributed by atoms with Gasteiger partial charge >= 0.3 is 0 Å². The highest BCUT2D eigenvalue weighted by Crippen LogP contribution is 2.28. The van der Waals surface area contributed by atoms with Crippen LogP contribution in [0.15, 0.2) is 89.1 Å². The third kappa shape index (κ3) is 5.67. The third-order valence-electron chi connectivity index (χ3n) is 4.79. The molecule has 0 fully saturated rings. The molecule has 8 heteroatoms. The van der Waals surface area contributed by atoms with Gasteiger partial charge in [-0.2, -0.15) is 5.10 Å². The maximum absolute atomic E-state index is 12.4. The molecule has 0 unspecified atom stereocenters. The summed E-state index contributed by atoms with van der Waals surface area (Å²) in [7, 11) is 1.60. The van der Waals surface area contributed by atoms with Crippen LogP contribution >= 0.6 is 11.8 Å². The van der Waals surface area contributed by atoms with Crippen LogP contribution in [0.1, 0.15) is 11.1 Å². The number of thioether (sulfide) groups is 1. The molecule has 0 saturated carbocycles. The number of rotatable bonds is 8. The van der Waals surface area contributed by atoms with Gasteiger partial charge in [0.15, 0.2) is 11.0 Å². The van der Waals surface area contributed by atoms with Crippen LogP contribution in [0.25, 0.3) is 17.1 Å². The second kappa shape index (κ2) is 10.6. The molecule has 166 valence electrons. The van der Waals surface area contributed by atoms with Crippen molar-refractivity contribution >= 4 is 23.9 Å². The van der Waals surface area contributed by atoms with E-state index in [0.717, 1.165) is 34.0 Å². The molecule has 0 bridgehead atoms. The minimum absolute atomic E-state index is 0.147. The van der Waals surface area contributed by atoms with E-state index in [9.17, 15) is 4.79 Å². The topological polar surface area (TPSA) is 81.4 Å². The van der Waals surface area contributed by atoms with Crippen molar-refractivity contribution in [2.24, 2.45) is 5.10 Å². The molecular weight excluding hydrogens is 434 g/mol. The Balaban J connectivity index is 1.48. The maximum Gasteiger partial charge on any atom is 0.250 e. The molecule has 7 nitrogen and oxygen atoms in total. The zero-order valence-corrected chi connectivity index (χ0v) is 19.1. The van der Waals surface area contributed by atoms with Crippen molar-refractivity contribution in [2.45, 2.75) is 12.1 Å². The smallest absolute Gasteiger partial charge is 0.250 e. The fourth-order valence-electron chi connectivity index (χ4n) is 3.13. The van der Waals surface area contributed by atoms with Crippen LogP contribution in [0, 0.1) is 6.92 Å². The molecule has 33 heavy (non-hydrogen) atoms. The Hall–Kier alpha value is -3.91. The number of nitrogens with one attached hydrogen (secondary N) is 1. The Labute approximate surface area is 196 Å². The number of nitrogens with zero attached hydrogens (tertiary/aromatic N) is 4. The summed E-state index contributed by atoms with van der Waals surface area (Å²) in [4.78, 5) is 12.4. The van der Waals surface area contributed by atoms with Crippen LogP contribution < -0.4 is 10.2 Å². The molecule has 0 saturated heterocycles. The molecule has 1 aromatic heterocycles. The van der Waals surface area contributed by atoms with Crippen molar-refractivity contribution in [1.82, 2.24) is 20.2 Å². The van der Waals surface area contributed by atoms with Gasteiger partial charge in [0.2, 0.25) is 0 Å². The highest BCUT2D eigenvalue weighted by atomic mass is 32.2. The van der Waals surface area contributed by atoms with E-state index in [-0.39, 0.29) is 11.7 Å². The summed E-state index contributed by atoms with van der Waals surface area (Å²) >= 11 is 1.31. The van der Waals surface area contributed by atoms with Crippen molar-refractivity contribution in [1.29, 1.82) is 0 Å². The number of hydrogen-bond acceptors (Lipinski definition) is 6. The first-order valence-electron chi connectivity index (χ1n) is 10.3. The highest BCUT2D eigenvalue weighted by Gasteiger charge is 2.17. The quantitative estimate of drug-likeness (QED) is 0.239. The lowest BCUT2D eigenvalue weighted by molar-refractivity contribution is -0.118. The molecule has 1 heterocycles. The largest absolute Gasteiger partial charge is 0.497 e. The number of methoxy groups -OCH3 is 1. The number of carbonyl (C=O) groups excluding carboxylic acids is 1. The van der Waals surface area contributed by atoms with Crippen molar-refractivity contribution in [3.8, 4) is 22.8 Å². The Morgan fingerprint density at radius 1 is 1.06 bits per heavy atom. The van der Waals surface area contributed by atoms with Gasteiger partial charge in [0.1, 0.15) is 5.75 Å². The fourth-order valence-corrected chi connectivity index (χ4v) is 3.87. The zero-order valence-electron chi connectivity index (χ0n) is 18.3. The summed E-state index contributed by atoms with van der Waals surface area (Å²) in [5.41, 5.74) is 6.43. The normalized spacial score (nSPS) is 11.0. The van der Waals surface area contributed by atoms with E-state index in [4.69, 9.17) is 4.74 Å². The van der Waals surface area contributed by atoms with Crippen LogP contribution in [0.4, 0.5) is 0 Å². The average Bonchev–Trinajstić information content (AvgIpc) is 3.28. The van der Waals surface area contributed by atoms with Crippen LogP contribution in [-0.2, 0) is 4.79 Å². The van der Waals surface area contributed by atoms with Gasteiger partial charge in [-0.3, -0.25) is 9.36 Å². The van der Waals surface area contributed by atoms with E-state index in [2.05, 4.69) is 20.7 Å². The lowest BCUT2D eigenvalue weighted by Crippen LogP contribution is -2.20. The van der Waals surface area contributed by atoms with Crippen LogP contribution in [-0.4, -0.2) is 39.7 Å². The SMILES string of the molecule is COc1cccc(/C=N\NC(=O)CSc2nnc(-c3ccccc3)n2-c2ccc(C)cc2)c1. The van der Waals surface area contributed by atoms with Crippen molar-refractivity contribution in [2.75, 3.05) is 12.9 Å². The van der Waals surface area contributed by atoms with Crippen LogP contribution in [0.5, 0.6) is 5.75 Å². The summed E-state index contributed by atoms with van der Waals surface area (Å²) in [6, 6.07) is 25.4. The van der Waals surface area contributed by atoms with Gasteiger partial charge in [0.25, 0.3) is 5.91 Å². The first kappa shape index (κ1) is 22.3. The summed E-state index contributed by atoms with van der Waals surface area (Å²) in [6.45, 7) is 2.04. The van der Waals surface area contributed by atoms with Gasteiger partial charge in [-0.15, -0.1) is 10.2 Å². The molecule has 0 atom stereocenters. The van der Waals surface area contributed by atoms with Gasteiger partial charge in [-0.25, -0.2) is 5.43 Å². The van der Waals surface area contributed by atoms with Gasteiger partial charge in [0, 0.05) is 11.3 Å². The Bertz CT molecular complexity index is 1250. The highest BCUT2D eigenvalue weighted by molar-refractivity contribution is 7.99. The number of amides is 1. The molecule has 0 aliphatic carbocycles. The fraction of sp³-hybridized carbons (Fsp3) is 0.120. The molecule has 4 rings (SSSR count). The molecule has 1 amide bonds. The van der Waals surface area contributed by atoms with Crippen LogP contribution in [0.2, 0.25) is 0 Å². The van der Waals surface area contributed by atoms with Gasteiger partial charge < -0.3 is 4.74 Å². The Morgan fingerprint density at radius 3 is 2.61 bits per heavy atom. The monoisotopic (exact) mass is 457 g/mol. The first-order chi connectivity index (χ1) is 16.1. The molecule has 0 spiro atoms. The second-order valence-corrected chi connectivity index (χ2v) is 8.14. The van der Waals surface area contributed by atoms with Crippen molar-refractivity contribution in [3.63, 3.8) is 0 Å². The Morgan fingerprint density at radius 2 is 1.85 bits per heavy atom. The standard InChI is InChI=1S/C25H23N5O2S/c1-18-11-13-21(14-12-18)30-24(20-8-4-3-5-9-20)28-29-25(30)33-17-23(31)27-26-16-19-7-6-10-22(15-19)32-2/h3-16H,17H2,1-2H3,(H,27,31)/b26-16-. The molecule has 3 aromatic carbocycles. The molecule has 4 aromatic rings. The lowest BCUT2D eigenvalue weighted by atomic mass is 10.2. The Kier molecular flexibility index (Phi) is 7.16. The van der Waals surface area contributed by atoms with Crippen molar-refractivity contribution < 1.29 is 9.53 Å². The van der Waals surface area contributed by atoms with Gasteiger partial charge in [0.05, 0.1) is 19.1 Å². The lowest BCUT2D eigenvalue weighted by Gasteiger charge is -2.10. The summed E-state index contributed by atoms with van der Waals surface area (Å²) < 4.78 is 7.15. The number of aryl methyl sites for hydroxylation is 1. The van der Waals surface area contributed by atoms with E-state index < -0.39 is 0 Å². The number of carbonyl (C=O) groups is 1. The zero-order chi connectivity index (χ0) is 23.0. The van der Waals surface area contributed by atoms with Crippen molar-refractivity contribution in [3.05, 3.63) is 90.0 Å². The first-order valence-corrected chi connectivity index (χ1v) is 11.3. The van der Waals surface area contributed by atoms with E-state index >= 15 is 0 Å².